The number of β-amino-alcohol motifs (C(OH)–C–C–N with tert-alkyl or cyclic N) is 1. The second-order valence-corrected chi connectivity index (χ2v) is 5.60. The van der Waals surface area contributed by atoms with Crippen LogP contribution in [-0.4, -0.2) is 60.3 Å². The van der Waals surface area contributed by atoms with Gasteiger partial charge in [0.1, 0.15) is 0 Å². The third-order valence-corrected chi connectivity index (χ3v) is 3.94. The maximum atomic E-state index is 9.35. The zero-order valence-electron chi connectivity index (χ0n) is 10.6. The summed E-state index contributed by atoms with van der Waals surface area (Å²) in [5.41, 5.74) is 0. The van der Waals surface area contributed by atoms with Crippen molar-refractivity contribution in [1.29, 1.82) is 0 Å². The van der Waals surface area contributed by atoms with Crippen LogP contribution in [0.4, 0.5) is 0 Å². The lowest BCUT2D eigenvalue weighted by atomic mass is 9.96. The van der Waals surface area contributed by atoms with Gasteiger partial charge in [-0.05, 0) is 64.7 Å². The Bertz CT molecular complexity index is 194. The van der Waals surface area contributed by atoms with Crippen LogP contribution in [0.3, 0.4) is 0 Å². The van der Waals surface area contributed by atoms with Crippen molar-refractivity contribution in [3.8, 4) is 0 Å². The van der Waals surface area contributed by atoms with Crippen LogP contribution in [0.25, 0.3) is 0 Å². The molecule has 3 heteroatoms. The zero-order valence-corrected chi connectivity index (χ0v) is 10.6. The lowest BCUT2D eigenvalue weighted by Gasteiger charge is -2.34. The van der Waals surface area contributed by atoms with Crippen LogP contribution in [0, 0.1) is 5.92 Å². The molecule has 94 valence electrons. The number of aliphatic hydroxyl groups is 1. The van der Waals surface area contributed by atoms with E-state index in [9.17, 15) is 5.11 Å². The average Bonchev–Trinajstić information content (AvgIpc) is 2.73. The summed E-state index contributed by atoms with van der Waals surface area (Å²) in [5, 5.41) is 9.35. The van der Waals surface area contributed by atoms with Crippen LogP contribution in [0.2, 0.25) is 0 Å². The molecule has 0 bridgehead atoms. The first-order chi connectivity index (χ1) is 7.74. The summed E-state index contributed by atoms with van der Waals surface area (Å²) >= 11 is 0. The van der Waals surface area contributed by atoms with E-state index in [0.29, 0.717) is 0 Å². The number of nitrogens with zero attached hydrogens (tertiary/aromatic N) is 2. The molecule has 2 aliphatic rings. The highest BCUT2D eigenvalue weighted by Gasteiger charge is 2.22. The molecule has 0 aliphatic carbocycles. The molecule has 0 aromatic carbocycles. The van der Waals surface area contributed by atoms with E-state index in [1.165, 1.54) is 58.4 Å². The molecule has 0 unspecified atom stereocenters. The summed E-state index contributed by atoms with van der Waals surface area (Å²) in [4.78, 5) is 5.04. The summed E-state index contributed by atoms with van der Waals surface area (Å²) in [5.74, 6) is 0.906. The molecule has 0 spiro atoms. The monoisotopic (exact) mass is 226 g/mol. The van der Waals surface area contributed by atoms with E-state index in [0.717, 1.165) is 12.5 Å². The van der Waals surface area contributed by atoms with Crippen molar-refractivity contribution in [2.24, 2.45) is 5.92 Å². The van der Waals surface area contributed by atoms with E-state index < -0.39 is 0 Å². The number of aliphatic hydroxyl groups excluding tert-OH is 1. The van der Waals surface area contributed by atoms with Crippen molar-refractivity contribution in [3.63, 3.8) is 0 Å². The number of piperidine rings is 1. The van der Waals surface area contributed by atoms with Crippen molar-refractivity contribution in [1.82, 2.24) is 9.80 Å². The number of rotatable bonds is 4. The van der Waals surface area contributed by atoms with Crippen molar-refractivity contribution >= 4 is 0 Å². The van der Waals surface area contributed by atoms with Crippen molar-refractivity contribution in [2.75, 3.05) is 39.3 Å². The Morgan fingerprint density at radius 2 is 1.69 bits per heavy atom. The molecule has 3 nitrogen and oxygen atoms in total. The molecular formula is C13H26N2O. The number of hydrogen-bond acceptors (Lipinski definition) is 3. The quantitative estimate of drug-likeness (QED) is 0.779. The van der Waals surface area contributed by atoms with Crippen molar-refractivity contribution in [3.05, 3.63) is 0 Å². The number of hydrogen-bond donors (Lipinski definition) is 1. The fraction of sp³-hybridized carbons (Fsp3) is 1.00. The van der Waals surface area contributed by atoms with Gasteiger partial charge >= 0.3 is 0 Å². The van der Waals surface area contributed by atoms with Gasteiger partial charge in [-0.25, -0.2) is 0 Å². The van der Waals surface area contributed by atoms with Gasteiger partial charge in [0.2, 0.25) is 0 Å². The molecule has 0 aromatic heterocycles. The maximum Gasteiger partial charge on any atom is 0.0639 e. The van der Waals surface area contributed by atoms with Gasteiger partial charge in [-0.1, -0.05) is 0 Å². The van der Waals surface area contributed by atoms with Gasteiger partial charge in [0.15, 0.2) is 0 Å². The molecule has 1 N–H and O–H groups in total. The predicted octanol–water partition coefficient (Wildman–Crippen LogP) is 1.18. The molecule has 2 saturated heterocycles. The molecule has 0 aromatic rings. The molecule has 0 saturated carbocycles. The Hall–Kier alpha value is -0.120. The van der Waals surface area contributed by atoms with Gasteiger partial charge in [0.25, 0.3) is 0 Å². The second kappa shape index (κ2) is 5.99. The van der Waals surface area contributed by atoms with Gasteiger partial charge in [0.05, 0.1) is 6.10 Å². The highest BCUT2D eigenvalue weighted by atomic mass is 16.3. The Balaban J connectivity index is 1.64. The Morgan fingerprint density at radius 1 is 1.06 bits per heavy atom. The topological polar surface area (TPSA) is 26.7 Å². The summed E-state index contributed by atoms with van der Waals surface area (Å²) in [6, 6.07) is 0. The first-order valence-electron chi connectivity index (χ1n) is 6.87. The van der Waals surface area contributed by atoms with Gasteiger partial charge in [-0.15, -0.1) is 0 Å². The number of likely N-dealkylation sites (tertiary alicyclic amines) is 2. The minimum Gasteiger partial charge on any atom is -0.392 e. The van der Waals surface area contributed by atoms with Gasteiger partial charge in [-0.2, -0.15) is 0 Å². The van der Waals surface area contributed by atoms with Gasteiger partial charge in [-0.3, -0.25) is 0 Å². The fourth-order valence-electron chi connectivity index (χ4n) is 3.06. The maximum absolute atomic E-state index is 9.35. The molecular weight excluding hydrogens is 200 g/mol. The van der Waals surface area contributed by atoms with Gasteiger partial charge in [0, 0.05) is 13.1 Å². The SMILES string of the molecule is C[C@H](O)CN1CCC(CN2CCCC2)CC1. The second-order valence-electron chi connectivity index (χ2n) is 5.60. The van der Waals surface area contributed by atoms with E-state index in [-0.39, 0.29) is 6.10 Å². The molecule has 0 radical (unpaired) electrons. The van der Waals surface area contributed by atoms with Crippen LogP contribution < -0.4 is 0 Å². The lowest BCUT2D eigenvalue weighted by Crippen LogP contribution is -2.40. The van der Waals surface area contributed by atoms with E-state index in [1.54, 1.807) is 0 Å². The molecule has 16 heavy (non-hydrogen) atoms. The van der Waals surface area contributed by atoms with E-state index in [2.05, 4.69) is 9.80 Å². The third-order valence-electron chi connectivity index (χ3n) is 3.94. The fourth-order valence-corrected chi connectivity index (χ4v) is 3.06. The van der Waals surface area contributed by atoms with E-state index >= 15 is 0 Å². The highest BCUT2D eigenvalue weighted by molar-refractivity contribution is 4.77. The summed E-state index contributed by atoms with van der Waals surface area (Å²) in [7, 11) is 0. The van der Waals surface area contributed by atoms with E-state index in [1.807, 2.05) is 6.92 Å². The van der Waals surface area contributed by atoms with Crippen molar-refractivity contribution in [2.45, 2.75) is 38.7 Å². The van der Waals surface area contributed by atoms with Crippen LogP contribution in [0.15, 0.2) is 0 Å². The smallest absolute Gasteiger partial charge is 0.0639 e. The normalized spacial score (nSPS) is 27.4. The third kappa shape index (κ3) is 3.72. The van der Waals surface area contributed by atoms with Crippen LogP contribution in [0.1, 0.15) is 32.6 Å². The molecule has 1 atom stereocenters. The lowest BCUT2D eigenvalue weighted by molar-refractivity contribution is 0.0924. The largest absolute Gasteiger partial charge is 0.392 e. The predicted molar refractivity (Wildman–Crippen MR) is 66.5 cm³/mol. The van der Waals surface area contributed by atoms with Crippen LogP contribution >= 0.6 is 0 Å². The standard InChI is InChI=1S/C13H26N2O/c1-12(16)10-15-8-4-13(5-9-15)11-14-6-2-3-7-14/h12-13,16H,2-11H2,1H3/t12-/m0/s1. The van der Waals surface area contributed by atoms with Gasteiger partial charge < -0.3 is 14.9 Å². The molecule has 2 aliphatic heterocycles. The molecule has 0 amide bonds. The zero-order chi connectivity index (χ0) is 11.4. The average molecular weight is 226 g/mol. The van der Waals surface area contributed by atoms with Crippen LogP contribution in [-0.2, 0) is 0 Å². The summed E-state index contributed by atoms with van der Waals surface area (Å²) in [6.45, 7) is 9.09. The first-order valence-corrected chi connectivity index (χ1v) is 6.87. The van der Waals surface area contributed by atoms with Crippen molar-refractivity contribution < 1.29 is 5.11 Å². The minimum absolute atomic E-state index is 0.171. The van der Waals surface area contributed by atoms with E-state index in [4.69, 9.17) is 0 Å². The first kappa shape index (κ1) is 12.3. The summed E-state index contributed by atoms with van der Waals surface area (Å²) in [6.07, 6.45) is 5.28. The Morgan fingerprint density at radius 3 is 2.25 bits per heavy atom. The molecule has 2 fully saturated rings. The highest BCUT2D eigenvalue weighted by Crippen LogP contribution is 2.20. The Labute approximate surface area is 99.4 Å². The van der Waals surface area contributed by atoms with Crippen LogP contribution in [0.5, 0.6) is 0 Å². The molecule has 2 heterocycles. The molecule has 2 rings (SSSR count). The Kier molecular flexibility index (Phi) is 4.62. The minimum atomic E-state index is -0.171. The summed E-state index contributed by atoms with van der Waals surface area (Å²) < 4.78 is 0.